The lowest BCUT2D eigenvalue weighted by molar-refractivity contribution is -0.140. The van der Waals surface area contributed by atoms with Gasteiger partial charge in [-0.2, -0.15) is 0 Å². The summed E-state index contributed by atoms with van der Waals surface area (Å²) in [4.78, 5) is 24.9. The monoisotopic (exact) mass is 562 g/mol. The highest BCUT2D eigenvalue weighted by atomic mass is 35.5. The summed E-state index contributed by atoms with van der Waals surface area (Å²) in [5, 5.41) is 8.60. The molecular formula is C32H35ClN2O5. The minimum atomic E-state index is -0.517. The molecule has 210 valence electrons. The van der Waals surface area contributed by atoms with Crippen LogP contribution in [0.5, 0.6) is 0 Å². The fourth-order valence-corrected chi connectivity index (χ4v) is 4.60. The van der Waals surface area contributed by atoms with Crippen molar-refractivity contribution in [3.05, 3.63) is 77.4 Å². The number of rotatable bonds is 10. The summed E-state index contributed by atoms with van der Waals surface area (Å²) < 4.78 is 17.0. The summed E-state index contributed by atoms with van der Waals surface area (Å²) in [6, 6.07) is 15.6. The Balaban J connectivity index is 0.00000441. The molecule has 0 aliphatic carbocycles. The minimum Gasteiger partial charge on any atom is -1.00 e. The third-order valence-corrected chi connectivity index (χ3v) is 6.46. The Morgan fingerprint density at radius 2 is 1.38 bits per heavy atom. The molecule has 0 saturated carbocycles. The van der Waals surface area contributed by atoms with Gasteiger partial charge in [-0.05, 0) is 69.5 Å². The molecule has 2 N–H and O–H groups in total. The van der Waals surface area contributed by atoms with Crippen LogP contribution in [0.4, 0.5) is 11.4 Å². The number of halogens is 1. The highest BCUT2D eigenvalue weighted by Crippen LogP contribution is 2.41. The van der Waals surface area contributed by atoms with Crippen molar-refractivity contribution < 1.29 is 35.9 Å². The van der Waals surface area contributed by atoms with Crippen LogP contribution < -0.4 is 23.0 Å². The molecule has 8 heteroatoms. The summed E-state index contributed by atoms with van der Waals surface area (Å²) in [6.45, 7) is 14.8. The molecule has 0 saturated heterocycles. The third-order valence-electron chi connectivity index (χ3n) is 6.46. The largest absolute Gasteiger partial charge is 1.00 e. The van der Waals surface area contributed by atoms with Crippen molar-refractivity contribution in [2.24, 2.45) is 0 Å². The number of carbonyl (C=O) groups is 2. The number of esters is 2. The first-order chi connectivity index (χ1) is 18.7. The Bertz CT molecular complexity index is 1510. The molecule has 0 amide bonds. The van der Waals surface area contributed by atoms with Gasteiger partial charge in [0.25, 0.3) is 0 Å². The van der Waals surface area contributed by atoms with E-state index >= 15 is 0 Å². The lowest BCUT2D eigenvalue weighted by Gasteiger charge is -2.14. The number of ether oxygens (including phenoxy) is 2. The lowest BCUT2D eigenvalue weighted by atomic mass is 9.91. The highest BCUT2D eigenvalue weighted by molar-refractivity contribution is 6.13. The average Bonchev–Trinajstić information content (AvgIpc) is 2.91. The van der Waals surface area contributed by atoms with Crippen molar-refractivity contribution in [2.75, 3.05) is 36.9 Å². The number of hydrogen-bond donors (Lipinski definition) is 2. The second kappa shape index (κ2) is 13.3. The van der Waals surface area contributed by atoms with E-state index in [9.17, 15) is 9.59 Å². The van der Waals surface area contributed by atoms with Gasteiger partial charge in [-0.25, -0.2) is 14.0 Å². The average molecular weight is 563 g/mol. The van der Waals surface area contributed by atoms with Crippen LogP contribution >= 0.6 is 0 Å². The van der Waals surface area contributed by atoms with Gasteiger partial charge >= 0.3 is 23.1 Å². The zero-order valence-corrected chi connectivity index (χ0v) is 24.3. The first-order valence-electron chi connectivity index (χ1n) is 13.2. The number of nitrogens with one attached hydrogen (secondary N) is 2. The maximum absolute atomic E-state index is 13.3. The molecule has 3 aromatic carbocycles. The van der Waals surface area contributed by atoms with Crippen LogP contribution in [0.3, 0.4) is 0 Å². The molecule has 0 aliphatic rings. The van der Waals surface area contributed by atoms with Gasteiger partial charge < -0.3 is 32.5 Å². The van der Waals surface area contributed by atoms with Crippen LogP contribution in [0.15, 0.2) is 65.1 Å². The van der Waals surface area contributed by atoms with Crippen molar-refractivity contribution in [1.82, 2.24) is 0 Å². The fourth-order valence-electron chi connectivity index (χ4n) is 4.60. The number of benzene rings is 3. The summed E-state index contributed by atoms with van der Waals surface area (Å²) in [6.07, 6.45) is 0. The van der Waals surface area contributed by atoms with Crippen molar-refractivity contribution in [3.63, 3.8) is 0 Å². The topological polar surface area (TPSA) is 88.0 Å². The maximum atomic E-state index is 13.3. The molecule has 4 aromatic rings. The predicted molar refractivity (Wildman–Crippen MR) is 157 cm³/mol. The van der Waals surface area contributed by atoms with E-state index in [-0.39, 0.29) is 25.6 Å². The van der Waals surface area contributed by atoms with E-state index in [1.54, 1.807) is 13.0 Å². The van der Waals surface area contributed by atoms with Crippen molar-refractivity contribution in [3.8, 4) is 11.1 Å². The molecule has 4 rings (SSSR count). The Morgan fingerprint density at radius 3 is 1.90 bits per heavy atom. The molecule has 0 radical (unpaired) electrons. The first-order valence-corrected chi connectivity index (χ1v) is 13.2. The minimum absolute atomic E-state index is 0. The molecule has 0 fully saturated rings. The van der Waals surface area contributed by atoms with Crippen LogP contribution in [0.1, 0.15) is 42.3 Å². The van der Waals surface area contributed by atoms with E-state index in [0.717, 1.165) is 57.5 Å². The van der Waals surface area contributed by atoms with E-state index in [1.165, 1.54) is 0 Å². The van der Waals surface area contributed by atoms with Gasteiger partial charge in [0, 0.05) is 35.6 Å². The van der Waals surface area contributed by atoms with Gasteiger partial charge in [-0.3, -0.25) is 0 Å². The van der Waals surface area contributed by atoms with Gasteiger partial charge in [0.2, 0.25) is 0 Å². The molecular weight excluding hydrogens is 528 g/mol. The van der Waals surface area contributed by atoms with Gasteiger partial charge in [0.05, 0.1) is 28.5 Å². The van der Waals surface area contributed by atoms with E-state index in [2.05, 4.69) is 57.0 Å². The molecule has 0 aliphatic heterocycles. The van der Waals surface area contributed by atoms with Crippen LogP contribution in [0.2, 0.25) is 0 Å². The smallest absolute Gasteiger partial charge is 0.363 e. The number of carbonyl (C=O) groups excluding carboxylic acids is 2. The lowest BCUT2D eigenvalue weighted by Crippen LogP contribution is -3.00. The van der Waals surface area contributed by atoms with Gasteiger partial charge in [0.15, 0.2) is 0 Å². The summed E-state index contributed by atoms with van der Waals surface area (Å²) in [5.41, 5.74) is 7.88. The van der Waals surface area contributed by atoms with Gasteiger partial charge in [-0.15, -0.1) is 0 Å². The molecule has 0 bridgehead atoms. The van der Waals surface area contributed by atoms with Crippen LogP contribution in [-0.2, 0) is 14.3 Å². The van der Waals surface area contributed by atoms with E-state index in [0.29, 0.717) is 22.3 Å². The van der Waals surface area contributed by atoms with Crippen LogP contribution in [-0.4, -0.2) is 38.2 Å². The molecule has 40 heavy (non-hydrogen) atoms. The molecule has 0 unspecified atom stereocenters. The second-order valence-electron chi connectivity index (χ2n) is 9.46. The van der Waals surface area contributed by atoms with Crippen LogP contribution in [0.25, 0.3) is 33.1 Å². The maximum Gasteiger partial charge on any atom is 0.363 e. The van der Waals surface area contributed by atoms with E-state index in [4.69, 9.17) is 13.9 Å². The summed E-state index contributed by atoms with van der Waals surface area (Å²) in [5.74, 6) is -1.02. The zero-order valence-electron chi connectivity index (χ0n) is 23.6. The zero-order chi connectivity index (χ0) is 28.1. The standard InChI is InChI=1S/C32H35N2O5.ClH/c1-7-33-26-17-28-24(15-20(26)5)30(25-16-21(6)27(34-8-2)18-29(25)39-28)22-11-9-10-12-23(22)32(36)38-14-13-37-31(35)19(3)4;/h9-12,15-18,33-34H,3,7-8,13-14H2,1-2,4-6H3;1H/q+1;/p-1. The Labute approximate surface area is 241 Å². The van der Waals surface area contributed by atoms with Crippen molar-refractivity contribution in [1.29, 1.82) is 0 Å². The molecule has 1 heterocycles. The van der Waals surface area contributed by atoms with E-state index in [1.807, 2.05) is 30.3 Å². The molecule has 7 nitrogen and oxygen atoms in total. The quantitative estimate of drug-likeness (QED) is 0.0980. The Kier molecular flexibility index (Phi) is 10.1. The first kappa shape index (κ1) is 30.4. The van der Waals surface area contributed by atoms with Crippen molar-refractivity contribution in [2.45, 2.75) is 34.6 Å². The molecule has 1 aromatic heterocycles. The Morgan fingerprint density at radius 1 is 0.850 bits per heavy atom. The van der Waals surface area contributed by atoms with Crippen molar-refractivity contribution >= 4 is 45.3 Å². The molecule has 0 atom stereocenters. The number of fused-ring (bicyclic) bond motifs is 2. The second-order valence-corrected chi connectivity index (χ2v) is 9.46. The normalized spacial score (nSPS) is 10.6. The molecule has 0 spiro atoms. The number of hydrogen-bond acceptors (Lipinski definition) is 6. The fraction of sp³-hybridized carbons (Fsp3) is 0.281. The van der Waals surface area contributed by atoms with Crippen LogP contribution in [0, 0.1) is 13.8 Å². The predicted octanol–water partition coefficient (Wildman–Crippen LogP) is 4.29. The number of aryl methyl sites for hydroxylation is 2. The SMILES string of the molecule is C=C(C)C(=O)OCCOC(=O)c1ccccc1-c1c2cc(C)c(NCC)cc2[o+]c2cc(NCC)c(C)cc12.[Cl-]. The number of anilines is 2. The summed E-state index contributed by atoms with van der Waals surface area (Å²) in [7, 11) is 0. The van der Waals surface area contributed by atoms with E-state index < -0.39 is 11.9 Å². The Hall–Kier alpha value is -4.10. The highest BCUT2D eigenvalue weighted by Gasteiger charge is 2.26. The third kappa shape index (κ3) is 6.37. The van der Waals surface area contributed by atoms with Gasteiger partial charge in [-0.1, -0.05) is 24.8 Å². The van der Waals surface area contributed by atoms with Gasteiger partial charge in [0.1, 0.15) is 13.2 Å². The summed E-state index contributed by atoms with van der Waals surface area (Å²) >= 11 is 0.